The van der Waals surface area contributed by atoms with Crippen LogP contribution in [0.2, 0.25) is 5.02 Å². The van der Waals surface area contributed by atoms with Crippen LogP contribution in [0.25, 0.3) is 11.0 Å². The Bertz CT molecular complexity index is 758. The number of benzene rings is 1. The molecule has 2 aromatic heterocycles. The van der Waals surface area contributed by atoms with E-state index in [4.69, 9.17) is 23.8 Å². The van der Waals surface area contributed by atoms with E-state index in [9.17, 15) is 0 Å². The Morgan fingerprint density at radius 1 is 1.53 bits per heavy atom. The molecule has 0 bridgehead atoms. The highest BCUT2D eigenvalue weighted by Gasteiger charge is 2.13. The normalized spacial score (nSPS) is 12.9. The average molecular weight is 310 g/mol. The number of nitrogens with zero attached hydrogens (tertiary/aromatic N) is 2. The highest BCUT2D eigenvalue weighted by molar-refractivity contribution is 7.71. The van der Waals surface area contributed by atoms with Crippen molar-refractivity contribution in [3.63, 3.8) is 0 Å². The number of hydrogen-bond donors (Lipinski definition) is 1. The summed E-state index contributed by atoms with van der Waals surface area (Å²) in [6, 6.07) is 5.84. The van der Waals surface area contributed by atoms with E-state index in [1.54, 1.807) is 11.3 Å². The van der Waals surface area contributed by atoms with Crippen molar-refractivity contribution in [2.45, 2.75) is 19.4 Å². The predicted octanol–water partition coefficient (Wildman–Crippen LogP) is 4.61. The quantitative estimate of drug-likeness (QED) is 0.717. The third-order valence-corrected chi connectivity index (χ3v) is 4.73. The monoisotopic (exact) mass is 309 g/mol. The van der Waals surface area contributed by atoms with Gasteiger partial charge in [0.1, 0.15) is 0 Å². The van der Waals surface area contributed by atoms with Gasteiger partial charge in [0.15, 0.2) is 4.77 Å². The number of para-hydroxylation sites is 1. The van der Waals surface area contributed by atoms with Crippen LogP contribution in [0.3, 0.4) is 0 Å². The van der Waals surface area contributed by atoms with Gasteiger partial charge in [-0.05, 0) is 24.4 Å². The maximum Gasteiger partial charge on any atom is 0.178 e. The maximum atomic E-state index is 6.18. The van der Waals surface area contributed by atoms with E-state index in [0.717, 1.165) is 22.6 Å². The predicted molar refractivity (Wildman–Crippen MR) is 82.7 cm³/mol. The molecule has 0 spiro atoms. The summed E-state index contributed by atoms with van der Waals surface area (Å²) in [5.41, 5.74) is 1.95. The number of fused-ring (bicyclic) bond motifs is 1. The van der Waals surface area contributed by atoms with E-state index in [1.807, 2.05) is 29.8 Å². The molecule has 0 aliphatic rings. The van der Waals surface area contributed by atoms with Crippen LogP contribution in [0.4, 0.5) is 0 Å². The Morgan fingerprint density at radius 3 is 3.11 bits per heavy atom. The Morgan fingerprint density at radius 2 is 2.37 bits per heavy atom. The summed E-state index contributed by atoms with van der Waals surface area (Å²) < 4.78 is 2.79. The van der Waals surface area contributed by atoms with E-state index in [2.05, 4.69) is 21.5 Å². The van der Waals surface area contributed by atoms with Gasteiger partial charge >= 0.3 is 0 Å². The van der Waals surface area contributed by atoms with Crippen LogP contribution in [0, 0.1) is 4.77 Å². The summed E-state index contributed by atoms with van der Waals surface area (Å²) in [5.74, 6) is 0.324. The minimum Gasteiger partial charge on any atom is -0.329 e. The van der Waals surface area contributed by atoms with Crippen LogP contribution >= 0.6 is 35.2 Å². The summed E-state index contributed by atoms with van der Waals surface area (Å²) >= 11 is 13.2. The number of aromatic nitrogens is 3. The Labute approximate surface area is 124 Å². The van der Waals surface area contributed by atoms with E-state index >= 15 is 0 Å². The molecule has 2 heterocycles. The molecule has 0 amide bonds. The van der Waals surface area contributed by atoms with E-state index in [-0.39, 0.29) is 0 Å². The third kappa shape index (κ3) is 2.33. The number of hydrogen-bond acceptors (Lipinski definition) is 3. The largest absolute Gasteiger partial charge is 0.329 e. The number of nitrogens with one attached hydrogen (secondary N) is 1. The van der Waals surface area contributed by atoms with Crippen molar-refractivity contribution in [1.29, 1.82) is 0 Å². The minimum absolute atomic E-state index is 0.324. The molecule has 3 rings (SSSR count). The van der Waals surface area contributed by atoms with Crippen molar-refractivity contribution in [2.24, 2.45) is 0 Å². The molecule has 0 saturated heterocycles. The van der Waals surface area contributed by atoms with Crippen molar-refractivity contribution in [3.05, 3.63) is 44.6 Å². The molecule has 6 heteroatoms. The van der Waals surface area contributed by atoms with Crippen LogP contribution in [-0.2, 0) is 6.54 Å². The van der Waals surface area contributed by atoms with Gasteiger partial charge in [0, 0.05) is 24.0 Å². The lowest BCUT2D eigenvalue weighted by Crippen LogP contribution is -2.06. The van der Waals surface area contributed by atoms with Crippen LogP contribution in [0.5, 0.6) is 0 Å². The molecule has 0 fully saturated rings. The van der Waals surface area contributed by atoms with Crippen LogP contribution in [-0.4, -0.2) is 14.5 Å². The molecule has 1 unspecified atom stereocenters. The van der Waals surface area contributed by atoms with Crippen molar-refractivity contribution in [3.8, 4) is 0 Å². The van der Waals surface area contributed by atoms with Crippen LogP contribution in [0.1, 0.15) is 17.8 Å². The second-order valence-corrected chi connectivity index (χ2v) is 6.17. The average Bonchev–Trinajstić information content (AvgIpc) is 3.00. The zero-order valence-corrected chi connectivity index (χ0v) is 12.6. The minimum atomic E-state index is 0.324. The Balaban J connectivity index is 2.04. The van der Waals surface area contributed by atoms with E-state index < -0.39 is 0 Å². The first kappa shape index (κ1) is 12.8. The SMILES string of the molecule is CC(Cn1c(=S)[nH]c2c(Cl)cccc21)c1nccs1. The van der Waals surface area contributed by atoms with Crippen LogP contribution in [0.15, 0.2) is 29.8 Å². The summed E-state index contributed by atoms with van der Waals surface area (Å²) in [6.07, 6.45) is 1.84. The molecule has 0 saturated carbocycles. The first-order chi connectivity index (χ1) is 9.16. The summed E-state index contributed by atoms with van der Waals surface area (Å²) in [6.45, 7) is 2.96. The first-order valence-corrected chi connectivity index (χ1v) is 7.60. The van der Waals surface area contributed by atoms with Crippen molar-refractivity contribution < 1.29 is 0 Å². The fourth-order valence-electron chi connectivity index (χ4n) is 2.16. The molecule has 19 heavy (non-hydrogen) atoms. The summed E-state index contributed by atoms with van der Waals surface area (Å²) in [5, 5.41) is 3.82. The fraction of sp³-hybridized carbons (Fsp3) is 0.231. The number of halogens is 1. The zero-order valence-electron chi connectivity index (χ0n) is 10.3. The van der Waals surface area contributed by atoms with Gasteiger partial charge in [0.25, 0.3) is 0 Å². The van der Waals surface area contributed by atoms with Crippen molar-refractivity contribution >= 4 is 46.2 Å². The third-order valence-electron chi connectivity index (χ3n) is 3.09. The maximum absolute atomic E-state index is 6.18. The lowest BCUT2D eigenvalue weighted by Gasteiger charge is -2.10. The lowest BCUT2D eigenvalue weighted by atomic mass is 10.2. The van der Waals surface area contributed by atoms with Gasteiger partial charge in [-0.2, -0.15) is 0 Å². The molecule has 0 aliphatic heterocycles. The molecule has 3 aromatic rings. The highest BCUT2D eigenvalue weighted by atomic mass is 35.5. The molecule has 1 aromatic carbocycles. The van der Waals surface area contributed by atoms with Gasteiger partial charge in [-0.3, -0.25) is 0 Å². The van der Waals surface area contributed by atoms with Crippen LogP contribution < -0.4 is 0 Å². The van der Waals surface area contributed by atoms with Gasteiger partial charge < -0.3 is 9.55 Å². The van der Waals surface area contributed by atoms with Gasteiger partial charge in [-0.15, -0.1) is 11.3 Å². The van der Waals surface area contributed by atoms with Gasteiger partial charge in [0.05, 0.1) is 21.1 Å². The molecule has 98 valence electrons. The second kappa shape index (κ2) is 5.07. The van der Waals surface area contributed by atoms with Gasteiger partial charge in [-0.1, -0.05) is 24.6 Å². The number of imidazole rings is 1. The van der Waals surface area contributed by atoms with Crippen molar-refractivity contribution in [2.75, 3.05) is 0 Å². The Kier molecular flexibility index (Phi) is 3.43. The fourth-order valence-corrected chi connectivity index (χ4v) is 3.34. The summed E-state index contributed by atoms with van der Waals surface area (Å²) in [4.78, 5) is 7.53. The molecule has 0 radical (unpaired) electrons. The second-order valence-electron chi connectivity index (χ2n) is 4.45. The summed E-state index contributed by atoms with van der Waals surface area (Å²) in [7, 11) is 0. The van der Waals surface area contributed by atoms with Gasteiger partial charge in [-0.25, -0.2) is 4.98 Å². The first-order valence-electron chi connectivity index (χ1n) is 5.93. The topological polar surface area (TPSA) is 33.6 Å². The van der Waals surface area contributed by atoms with E-state index in [0.29, 0.717) is 15.7 Å². The molecular formula is C13H12ClN3S2. The smallest absolute Gasteiger partial charge is 0.178 e. The van der Waals surface area contributed by atoms with Crippen molar-refractivity contribution in [1.82, 2.24) is 14.5 Å². The molecule has 3 nitrogen and oxygen atoms in total. The number of aromatic amines is 1. The standard InChI is InChI=1S/C13H12ClN3S2/c1-8(12-15-5-6-19-12)7-17-10-4-2-3-9(14)11(10)16-13(17)18/h2-6,8H,7H2,1H3,(H,16,18). The molecule has 1 N–H and O–H groups in total. The molecular weight excluding hydrogens is 298 g/mol. The Hall–Kier alpha value is -1.17. The zero-order chi connectivity index (χ0) is 13.4. The van der Waals surface area contributed by atoms with Gasteiger partial charge in [0.2, 0.25) is 0 Å². The molecule has 1 atom stereocenters. The highest BCUT2D eigenvalue weighted by Crippen LogP contribution is 2.26. The number of thiazole rings is 1. The number of H-pyrrole nitrogens is 1. The van der Waals surface area contributed by atoms with E-state index in [1.165, 1.54) is 0 Å². The lowest BCUT2D eigenvalue weighted by molar-refractivity contribution is 0.602. The number of rotatable bonds is 3. The molecule has 0 aliphatic carbocycles.